The van der Waals surface area contributed by atoms with E-state index in [9.17, 15) is 4.79 Å². The molecule has 0 saturated heterocycles. The van der Waals surface area contributed by atoms with Crippen LogP contribution in [-0.2, 0) is 19.5 Å². The molecule has 0 fully saturated rings. The molecular formula is C26H34N6O. The molecule has 1 atom stereocenters. The van der Waals surface area contributed by atoms with E-state index < -0.39 is 0 Å². The average molecular weight is 447 g/mol. The Kier molecular flexibility index (Phi) is 7.18. The number of hydrogen-bond donors (Lipinski definition) is 1. The van der Waals surface area contributed by atoms with Crippen LogP contribution >= 0.6 is 0 Å². The van der Waals surface area contributed by atoms with Crippen LogP contribution in [0.15, 0.2) is 42.7 Å². The minimum atomic E-state index is -0.176. The van der Waals surface area contributed by atoms with E-state index >= 15 is 0 Å². The summed E-state index contributed by atoms with van der Waals surface area (Å²) in [7, 11) is 0. The van der Waals surface area contributed by atoms with E-state index in [0.717, 1.165) is 61.8 Å². The van der Waals surface area contributed by atoms with Crippen LogP contribution in [0, 0.1) is 19.8 Å². The van der Waals surface area contributed by atoms with Crippen LogP contribution in [0.25, 0.3) is 0 Å². The molecule has 0 aliphatic carbocycles. The van der Waals surface area contributed by atoms with Gasteiger partial charge in [-0.2, -0.15) is 0 Å². The van der Waals surface area contributed by atoms with E-state index in [4.69, 9.17) is 0 Å². The Morgan fingerprint density at radius 1 is 1.09 bits per heavy atom. The lowest BCUT2D eigenvalue weighted by atomic mass is 10.0. The molecule has 1 N–H and O–H groups in total. The van der Waals surface area contributed by atoms with Gasteiger partial charge in [-0.05, 0) is 49.9 Å². The van der Waals surface area contributed by atoms with Gasteiger partial charge in [0, 0.05) is 50.6 Å². The van der Waals surface area contributed by atoms with Gasteiger partial charge in [-0.15, -0.1) is 10.2 Å². The van der Waals surface area contributed by atoms with Gasteiger partial charge in [0.2, 0.25) is 0 Å². The maximum Gasteiger partial charge on any atom is 0.251 e. The van der Waals surface area contributed by atoms with Crippen molar-refractivity contribution in [3.63, 3.8) is 0 Å². The van der Waals surface area contributed by atoms with Gasteiger partial charge in [0.25, 0.3) is 5.91 Å². The number of nitrogens with one attached hydrogen (secondary N) is 1. The molecule has 0 saturated carbocycles. The molecule has 1 amide bonds. The monoisotopic (exact) mass is 446 g/mol. The zero-order valence-electron chi connectivity index (χ0n) is 20.1. The molecular weight excluding hydrogens is 412 g/mol. The minimum absolute atomic E-state index is 0.0587. The molecule has 1 aromatic carbocycles. The number of nitrogens with zero attached hydrogens (tertiary/aromatic N) is 5. The van der Waals surface area contributed by atoms with Gasteiger partial charge in [-0.25, -0.2) is 0 Å². The van der Waals surface area contributed by atoms with Crippen LogP contribution in [0.4, 0.5) is 0 Å². The van der Waals surface area contributed by atoms with Gasteiger partial charge in [-0.3, -0.25) is 14.7 Å². The van der Waals surface area contributed by atoms with Crippen LogP contribution < -0.4 is 5.32 Å². The van der Waals surface area contributed by atoms with Crippen molar-refractivity contribution in [3.05, 3.63) is 76.6 Å². The molecule has 7 heteroatoms. The van der Waals surface area contributed by atoms with E-state index in [0.29, 0.717) is 11.5 Å². The van der Waals surface area contributed by atoms with E-state index in [1.54, 1.807) is 6.20 Å². The predicted molar refractivity (Wildman–Crippen MR) is 129 cm³/mol. The molecule has 1 unspecified atom stereocenters. The fourth-order valence-electron chi connectivity index (χ4n) is 4.60. The van der Waals surface area contributed by atoms with Crippen molar-refractivity contribution in [1.29, 1.82) is 0 Å². The highest BCUT2D eigenvalue weighted by molar-refractivity contribution is 5.94. The van der Waals surface area contributed by atoms with Gasteiger partial charge >= 0.3 is 0 Å². The van der Waals surface area contributed by atoms with E-state index in [1.165, 1.54) is 5.56 Å². The Morgan fingerprint density at radius 2 is 1.88 bits per heavy atom. The normalized spacial score (nSPS) is 15.2. The largest absolute Gasteiger partial charge is 0.342 e. The number of rotatable bonds is 7. The molecule has 4 rings (SSSR count). The molecule has 1 aliphatic heterocycles. The maximum atomic E-state index is 13.1. The number of amides is 1. The van der Waals surface area contributed by atoms with Crippen molar-refractivity contribution >= 4 is 5.91 Å². The zero-order valence-corrected chi connectivity index (χ0v) is 20.1. The Bertz CT molecular complexity index is 1070. The Hall–Kier alpha value is -3.06. The quantitative estimate of drug-likeness (QED) is 0.596. The van der Waals surface area contributed by atoms with Crippen molar-refractivity contribution in [2.75, 3.05) is 13.1 Å². The number of aromatic nitrogens is 4. The average Bonchev–Trinajstić information content (AvgIpc) is 3.07. The topological polar surface area (TPSA) is 75.9 Å². The zero-order chi connectivity index (χ0) is 23.4. The van der Waals surface area contributed by atoms with E-state index in [2.05, 4.69) is 55.9 Å². The van der Waals surface area contributed by atoms with Gasteiger partial charge in [0.05, 0.1) is 6.04 Å². The first-order chi connectivity index (χ1) is 15.9. The first kappa shape index (κ1) is 23.1. The molecule has 0 bridgehead atoms. The summed E-state index contributed by atoms with van der Waals surface area (Å²) >= 11 is 0. The molecule has 7 nitrogen and oxygen atoms in total. The summed E-state index contributed by atoms with van der Waals surface area (Å²) in [4.78, 5) is 19.8. The summed E-state index contributed by atoms with van der Waals surface area (Å²) in [6, 6.07) is 9.88. The summed E-state index contributed by atoms with van der Waals surface area (Å²) in [5, 5.41) is 12.3. The summed E-state index contributed by atoms with van der Waals surface area (Å²) in [5.41, 5.74) is 4.09. The molecule has 1 aliphatic rings. The van der Waals surface area contributed by atoms with Gasteiger partial charge in [0.15, 0.2) is 5.82 Å². The highest BCUT2D eigenvalue weighted by atomic mass is 16.1. The number of hydrogen-bond acceptors (Lipinski definition) is 5. The first-order valence-electron chi connectivity index (χ1n) is 11.8. The summed E-state index contributed by atoms with van der Waals surface area (Å²) in [6.45, 7) is 11.9. The lowest BCUT2D eigenvalue weighted by molar-refractivity contribution is 0.0928. The highest BCUT2D eigenvalue weighted by Gasteiger charge is 2.26. The van der Waals surface area contributed by atoms with Crippen molar-refractivity contribution in [2.24, 2.45) is 5.92 Å². The second-order valence-electron chi connectivity index (χ2n) is 9.55. The molecule has 2 aromatic heterocycles. The Morgan fingerprint density at radius 3 is 2.58 bits per heavy atom. The number of benzene rings is 1. The van der Waals surface area contributed by atoms with Crippen molar-refractivity contribution in [3.8, 4) is 0 Å². The van der Waals surface area contributed by atoms with Gasteiger partial charge < -0.3 is 9.88 Å². The minimum Gasteiger partial charge on any atom is -0.342 e. The third-order valence-corrected chi connectivity index (χ3v) is 6.08. The number of carbonyl (C=O) groups excluding carboxylic acids is 1. The van der Waals surface area contributed by atoms with Crippen LogP contribution in [0.1, 0.15) is 65.0 Å². The number of pyridine rings is 1. The fraction of sp³-hybridized carbons (Fsp3) is 0.462. The maximum absolute atomic E-state index is 13.1. The van der Waals surface area contributed by atoms with Crippen LogP contribution in [0.5, 0.6) is 0 Å². The van der Waals surface area contributed by atoms with Crippen LogP contribution in [-0.4, -0.2) is 43.6 Å². The number of fused-ring (bicyclic) bond motifs is 1. The summed E-state index contributed by atoms with van der Waals surface area (Å²) in [6.07, 6.45) is 5.39. The molecule has 0 spiro atoms. The molecule has 0 radical (unpaired) electrons. The first-order valence-corrected chi connectivity index (χ1v) is 11.8. The van der Waals surface area contributed by atoms with Crippen LogP contribution in [0.2, 0.25) is 0 Å². The Balaban J connectivity index is 1.52. The predicted octanol–water partition coefficient (Wildman–Crippen LogP) is 3.87. The summed E-state index contributed by atoms with van der Waals surface area (Å²) < 4.78 is 2.22. The molecule has 3 aromatic rings. The smallest absolute Gasteiger partial charge is 0.251 e. The third kappa shape index (κ3) is 5.85. The molecule has 3 heterocycles. The van der Waals surface area contributed by atoms with Gasteiger partial charge in [0.1, 0.15) is 5.82 Å². The second-order valence-corrected chi connectivity index (χ2v) is 9.55. The van der Waals surface area contributed by atoms with Crippen LogP contribution in [0.3, 0.4) is 0 Å². The van der Waals surface area contributed by atoms with Crippen molar-refractivity contribution in [2.45, 2.75) is 59.7 Å². The van der Waals surface area contributed by atoms with E-state index in [-0.39, 0.29) is 11.9 Å². The SMILES string of the molecule is Cc1cc(C)cc(C(=O)NC(CC(C)C)c2nnc3n2CCN(Cc2cccnc2)CC3)c1. The van der Waals surface area contributed by atoms with Crippen molar-refractivity contribution < 1.29 is 4.79 Å². The lowest BCUT2D eigenvalue weighted by Crippen LogP contribution is -2.32. The second kappa shape index (κ2) is 10.3. The molecule has 174 valence electrons. The van der Waals surface area contributed by atoms with E-state index in [1.807, 2.05) is 38.2 Å². The highest BCUT2D eigenvalue weighted by Crippen LogP contribution is 2.23. The fourth-order valence-corrected chi connectivity index (χ4v) is 4.60. The third-order valence-electron chi connectivity index (χ3n) is 6.08. The Labute approximate surface area is 196 Å². The number of aryl methyl sites for hydroxylation is 2. The standard InChI is InChI=1S/C26H34N6O/c1-18(2)12-23(28-26(33)22-14-19(3)13-20(4)15-22)25-30-29-24-7-9-31(10-11-32(24)25)17-21-6-5-8-27-16-21/h5-6,8,13-16,18,23H,7,9-12,17H2,1-4H3,(H,28,33). The lowest BCUT2D eigenvalue weighted by Gasteiger charge is -2.22. The van der Waals surface area contributed by atoms with Crippen molar-refractivity contribution in [1.82, 2.24) is 30.0 Å². The van der Waals surface area contributed by atoms with Gasteiger partial charge in [-0.1, -0.05) is 37.1 Å². The summed E-state index contributed by atoms with van der Waals surface area (Å²) in [5.74, 6) is 2.21. The molecule has 33 heavy (non-hydrogen) atoms. The number of carbonyl (C=O) groups is 1.